The Hall–Kier alpha value is -2.45. The van der Waals surface area contributed by atoms with Crippen molar-refractivity contribution in [1.29, 1.82) is 0 Å². The Morgan fingerprint density at radius 1 is 1.44 bits per heavy atom. The molecule has 1 fully saturated rings. The number of nitrogens with one attached hydrogen (secondary N) is 1. The minimum Gasteiger partial charge on any atom is -0.496 e. The van der Waals surface area contributed by atoms with Crippen LogP contribution in [0.15, 0.2) is 30.3 Å². The predicted molar refractivity (Wildman–Crippen MR) is 95.4 cm³/mol. The third kappa shape index (κ3) is 3.35. The summed E-state index contributed by atoms with van der Waals surface area (Å²) in [5.41, 5.74) is 0.922. The molecule has 1 aromatic heterocycles. The van der Waals surface area contributed by atoms with Gasteiger partial charge < -0.3 is 15.0 Å². The number of aryl methyl sites for hydroxylation is 1. The summed E-state index contributed by atoms with van der Waals surface area (Å²) < 4.78 is 5.43. The molecule has 2 heterocycles. The van der Waals surface area contributed by atoms with Gasteiger partial charge in [0, 0.05) is 31.3 Å². The molecule has 0 bridgehead atoms. The van der Waals surface area contributed by atoms with Crippen LogP contribution < -0.4 is 10.1 Å². The van der Waals surface area contributed by atoms with Gasteiger partial charge in [0.05, 0.1) is 27.8 Å². The van der Waals surface area contributed by atoms with Crippen molar-refractivity contribution in [1.82, 2.24) is 10.2 Å². The van der Waals surface area contributed by atoms with E-state index >= 15 is 0 Å². The number of amides is 1. The maximum atomic E-state index is 13.0. The maximum Gasteiger partial charge on any atom is 0.283 e. The van der Waals surface area contributed by atoms with Gasteiger partial charge in [-0.2, -0.15) is 0 Å². The first-order valence-corrected chi connectivity index (χ1v) is 8.74. The van der Waals surface area contributed by atoms with Crippen LogP contribution in [-0.4, -0.2) is 42.5 Å². The second-order valence-electron chi connectivity index (χ2n) is 5.77. The molecule has 0 spiro atoms. The minimum atomic E-state index is -0.446. The van der Waals surface area contributed by atoms with Crippen molar-refractivity contribution in [2.24, 2.45) is 0 Å². The molecule has 1 aliphatic heterocycles. The van der Waals surface area contributed by atoms with Crippen molar-refractivity contribution in [2.75, 3.05) is 26.7 Å². The molecule has 1 aliphatic rings. The van der Waals surface area contributed by atoms with Crippen molar-refractivity contribution in [2.45, 2.75) is 13.0 Å². The fraction of sp³-hybridized carbons (Fsp3) is 0.353. The van der Waals surface area contributed by atoms with E-state index in [2.05, 4.69) is 5.32 Å². The Bertz CT molecular complexity index is 805. The fourth-order valence-electron chi connectivity index (χ4n) is 3.07. The third-order valence-corrected chi connectivity index (χ3v) is 5.33. The van der Waals surface area contributed by atoms with E-state index in [0.29, 0.717) is 29.4 Å². The molecule has 1 N–H and O–H groups in total. The van der Waals surface area contributed by atoms with Crippen LogP contribution in [0.1, 0.15) is 26.2 Å². The molecule has 0 aliphatic carbocycles. The number of nitro groups is 1. The Morgan fingerprint density at radius 2 is 2.20 bits per heavy atom. The van der Waals surface area contributed by atoms with Gasteiger partial charge >= 0.3 is 0 Å². The topological polar surface area (TPSA) is 84.7 Å². The summed E-state index contributed by atoms with van der Waals surface area (Å²) >= 11 is 1.17. The van der Waals surface area contributed by atoms with Crippen LogP contribution in [-0.2, 0) is 0 Å². The molecule has 8 heteroatoms. The fourth-order valence-corrected chi connectivity index (χ4v) is 4.01. The summed E-state index contributed by atoms with van der Waals surface area (Å²) in [6.45, 7) is 3.49. The number of piperazine rings is 1. The zero-order chi connectivity index (χ0) is 18.0. The van der Waals surface area contributed by atoms with Gasteiger partial charge in [0.25, 0.3) is 11.6 Å². The smallest absolute Gasteiger partial charge is 0.283 e. The number of nitrogens with zero attached hydrogens (tertiary/aromatic N) is 2. The first kappa shape index (κ1) is 17.4. The second-order valence-corrected chi connectivity index (χ2v) is 7.03. The first-order valence-electron chi connectivity index (χ1n) is 7.92. The molecule has 3 rings (SSSR count). The van der Waals surface area contributed by atoms with Crippen molar-refractivity contribution in [3.8, 4) is 5.75 Å². The predicted octanol–water partition coefficient (Wildman–Crippen LogP) is 2.76. The molecular formula is C17H19N3O4S. The number of rotatable bonds is 4. The highest BCUT2D eigenvalue weighted by molar-refractivity contribution is 7.14. The number of carbonyl (C=O) groups excluding carboxylic acids is 1. The van der Waals surface area contributed by atoms with E-state index in [0.717, 1.165) is 11.3 Å². The number of methoxy groups -OCH3 is 1. The van der Waals surface area contributed by atoms with Crippen molar-refractivity contribution < 1.29 is 14.5 Å². The lowest BCUT2D eigenvalue weighted by atomic mass is 10.0. The van der Waals surface area contributed by atoms with E-state index in [1.165, 1.54) is 17.4 Å². The average molecular weight is 361 g/mol. The lowest BCUT2D eigenvalue weighted by molar-refractivity contribution is -0.385. The van der Waals surface area contributed by atoms with Crippen LogP contribution in [0.25, 0.3) is 0 Å². The van der Waals surface area contributed by atoms with Gasteiger partial charge in [-0.1, -0.05) is 18.2 Å². The molecule has 0 radical (unpaired) electrons. The van der Waals surface area contributed by atoms with E-state index in [9.17, 15) is 14.9 Å². The average Bonchev–Trinajstić information content (AvgIpc) is 3.03. The van der Waals surface area contributed by atoms with Gasteiger partial charge in [0.15, 0.2) is 0 Å². The van der Waals surface area contributed by atoms with E-state index in [-0.39, 0.29) is 17.6 Å². The highest BCUT2D eigenvalue weighted by Gasteiger charge is 2.32. The number of para-hydroxylation sites is 1. The SMILES string of the molecule is COc1ccccc1C1CNCCN1C(=O)c1cc([N+](=O)[O-])c(C)s1. The van der Waals surface area contributed by atoms with Gasteiger partial charge in [-0.15, -0.1) is 11.3 Å². The van der Waals surface area contributed by atoms with E-state index in [4.69, 9.17) is 4.74 Å². The summed E-state index contributed by atoms with van der Waals surface area (Å²) in [6, 6.07) is 8.81. The van der Waals surface area contributed by atoms with Gasteiger partial charge in [-0.3, -0.25) is 14.9 Å². The molecule has 2 aromatic rings. The van der Waals surface area contributed by atoms with Crippen molar-refractivity contribution >= 4 is 22.9 Å². The lowest BCUT2D eigenvalue weighted by Crippen LogP contribution is -2.48. The van der Waals surface area contributed by atoms with E-state index < -0.39 is 4.92 Å². The Labute approximate surface area is 149 Å². The van der Waals surface area contributed by atoms with E-state index in [1.54, 1.807) is 18.9 Å². The zero-order valence-electron chi connectivity index (χ0n) is 14.0. The first-order chi connectivity index (χ1) is 12.0. The van der Waals surface area contributed by atoms with Crippen LogP contribution >= 0.6 is 11.3 Å². The normalized spacial score (nSPS) is 17.4. The van der Waals surface area contributed by atoms with Gasteiger partial charge in [-0.25, -0.2) is 0 Å². The van der Waals surface area contributed by atoms with Crippen LogP contribution in [0.4, 0.5) is 5.69 Å². The quantitative estimate of drug-likeness (QED) is 0.669. The van der Waals surface area contributed by atoms with Crippen molar-refractivity contribution in [3.63, 3.8) is 0 Å². The summed E-state index contributed by atoms with van der Waals surface area (Å²) in [5, 5.41) is 14.4. The standard InChI is InChI=1S/C17H19N3O4S/c1-11-13(20(22)23)9-16(25-11)17(21)19-8-7-18-10-14(19)12-5-3-4-6-15(12)24-2/h3-6,9,14,18H,7-8,10H2,1-2H3. The Morgan fingerprint density at radius 3 is 2.88 bits per heavy atom. The van der Waals surface area contributed by atoms with E-state index in [1.807, 2.05) is 24.3 Å². The number of hydrogen-bond donors (Lipinski definition) is 1. The van der Waals surface area contributed by atoms with Crippen LogP contribution in [0.5, 0.6) is 5.75 Å². The molecule has 25 heavy (non-hydrogen) atoms. The van der Waals surface area contributed by atoms with Crippen LogP contribution in [0.2, 0.25) is 0 Å². The number of ether oxygens (including phenoxy) is 1. The van der Waals surface area contributed by atoms with Gasteiger partial charge in [0.2, 0.25) is 0 Å². The van der Waals surface area contributed by atoms with Gasteiger partial charge in [-0.05, 0) is 13.0 Å². The molecule has 7 nitrogen and oxygen atoms in total. The Balaban J connectivity index is 1.94. The minimum absolute atomic E-state index is 0.00248. The number of carbonyl (C=O) groups is 1. The number of hydrogen-bond acceptors (Lipinski definition) is 6. The van der Waals surface area contributed by atoms with Crippen LogP contribution in [0.3, 0.4) is 0 Å². The molecule has 1 unspecified atom stereocenters. The summed E-state index contributed by atoms with van der Waals surface area (Å²) in [5.74, 6) is 0.543. The highest BCUT2D eigenvalue weighted by atomic mass is 32.1. The lowest BCUT2D eigenvalue weighted by Gasteiger charge is -2.36. The zero-order valence-corrected chi connectivity index (χ0v) is 14.8. The highest BCUT2D eigenvalue weighted by Crippen LogP contribution is 2.34. The Kier molecular flexibility index (Phi) is 5.00. The largest absolute Gasteiger partial charge is 0.496 e. The molecule has 1 saturated heterocycles. The monoisotopic (exact) mass is 361 g/mol. The number of benzene rings is 1. The molecule has 1 aromatic carbocycles. The third-order valence-electron chi connectivity index (χ3n) is 4.30. The summed E-state index contributed by atoms with van der Waals surface area (Å²) in [6.07, 6.45) is 0. The summed E-state index contributed by atoms with van der Waals surface area (Å²) in [7, 11) is 1.60. The van der Waals surface area contributed by atoms with Crippen molar-refractivity contribution in [3.05, 3.63) is 55.8 Å². The number of thiophene rings is 1. The van der Waals surface area contributed by atoms with Crippen LogP contribution in [0, 0.1) is 17.0 Å². The molecule has 1 amide bonds. The maximum absolute atomic E-state index is 13.0. The molecule has 0 saturated carbocycles. The molecule has 132 valence electrons. The summed E-state index contributed by atoms with van der Waals surface area (Å²) in [4.78, 5) is 26.3. The second kappa shape index (κ2) is 7.20. The molecular weight excluding hydrogens is 342 g/mol. The van der Waals surface area contributed by atoms with Gasteiger partial charge in [0.1, 0.15) is 5.75 Å². The molecule has 1 atom stereocenters.